The van der Waals surface area contributed by atoms with Crippen LogP contribution >= 0.6 is 0 Å². The molecule has 0 aliphatic heterocycles. The van der Waals surface area contributed by atoms with E-state index in [9.17, 15) is 8.42 Å². The molecule has 6 heteroatoms. The third kappa shape index (κ3) is 7.25. The van der Waals surface area contributed by atoms with E-state index in [4.69, 9.17) is 0 Å². The molecule has 0 rings (SSSR count). The van der Waals surface area contributed by atoms with Crippen LogP contribution in [0.3, 0.4) is 0 Å². The van der Waals surface area contributed by atoms with E-state index < -0.39 is 10.2 Å². The zero-order chi connectivity index (χ0) is 14.9. The number of hydrogen-bond acceptors (Lipinski definition) is 3. The predicted octanol–water partition coefficient (Wildman–Crippen LogP) is 1.58. The molecule has 0 aliphatic carbocycles. The first kappa shape index (κ1) is 18.8. The Hall–Kier alpha value is -0.170. The average molecular weight is 293 g/mol. The van der Waals surface area contributed by atoms with E-state index in [1.54, 1.807) is 7.05 Å². The molecular weight excluding hydrogens is 262 g/mol. The van der Waals surface area contributed by atoms with Crippen LogP contribution in [0, 0.1) is 5.92 Å². The van der Waals surface area contributed by atoms with Gasteiger partial charge in [0.25, 0.3) is 10.2 Å². The van der Waals surface area contributed by atoms with E-state index in [-0.39, 0.29) is 6.04 Å². The molecule has 0 saturated carbocycles. The largest absolute Gasteiger partial charge is 0.317 e. The molecule has 19 heavy (non-hydrogen) atoms. The molecule has 0 radical (unpaired) electrons. The van der Waals surface area contributed by atoms with Gasteiger partial charge in [0.15, 0.2) is 0 Å². The van der Waals surface area contributed by atoms with E-state index >= 15 is 0 Å². The van der Waals surface area contributed by atoms with Crippen molar-refractivity contribution in [2.75, 3.05) is 26.7 Å². The Labute approximate surface area is 119 Å². The Morgan fingerprint density at radius 1 is 1.16 bits per heavy atom. The standard InChI is InChI=1S/C13H31N3O2S/c1-6-13(7-2)12(4)15-19(17,18)16(5)11-9-10-14-8-3/h12-15H,6-11H2,1-5H3. The van der Waals surface area contributed by atoms with E-state index in [2.05, 4.69) is 23.9 Å². The van der Waals surface area contributed by atoms with Gasteiger partial charge in [0.2, 0.25) is 0 Å². The maximum Gasteiger partial charge on any atom is 0.279 e. The molecule has 2 N–H and O–H groups in total. The molecule has 1 unspecified atom stereocenters. The molecule has 0 heterocycles. The zero-order valence-electron chi connectivity index (χ0n) is 13.1. The Morgan fingerprint density at radius 2 is 1.74 bits per heavy atom. The molecule has 0 aromatic heterocycles. The second kappa shape index (κ2) is 9.69. The van der Waals surface area contributed by atoms with Crippen molar-refractivity contribution in [2.45, 2.75) is 53.0 Å². The van der Waals surface area contributed by atoms with Crippen LogP contribution < -0.4 is 10.0 Å². The minimum atomic E-state index is -3.36. The Balaban J connectivity index is 4.28. The van der Waals surface area contributed by atoms with Gasteiger partial charge < -0.3 is 5.32 Å². The Bertz CT molecular complexity index is 316. The maximum atomic E-state index is 12.1. The van der Waals surface area contributed by atoms with Gasteiger partial charge in [0.05, 0.1) is 0 Å². The second-order valence-corrected chi connectivity index (χ2v) is 6.83. The fourth-order valence-corrected chi connectivity index (χ4v) is 3.35. The highest BCUT2D eigenvalue weighted by Crippen LogP contribution is 2.14. The summed E-state index contributed by atoms with van der Waals surface area (Å²) in [5.41, 5.74) is 0. The number of hydrogen-bond donors (Lipinski definition) is 2. The molecule has 0 aromatic rings. The van der Waals surface area contributed by atoms with Crippen LogP contribution in [0.4, 0.5) is 0 Å². The molecule has 1 atom stereocenters. The summed E-state index contributed by atoms with van der Waals surface area (Å²) in [7, 11) is -1.72. The summed E-state index contributed by atoms with van der Waals surface area (Å²) in [6.07, 6.45) is 2.80. The molecule has 0 fully saturated rings. The first-order valence-corrected chi connectivity index (χ1v) is 8.77. The lowest BCUT2D eigenvalue weighted by molar-refractivity contribution is 0.373. The van der Waals surface area contributed by atoms with Gasteiger partial charge in [0.1, 0.15) is 0 Å². The normalized spacial score (nSPS) is 14.3. The first-order valence-electron chi connectivity index (χ1n) is 7.33. The van der Waals surface area contributed by atoms with Crippen LogP contribution in [0.25, 0.3) is 0 Å². The SMILES string of the molecule is CCNCCCN(C)S(=O)(=O)NC(C)C(CC)CC. The molecule has 0 aliphatic rings. The van der Waals surface area contributed by atoms with Crippen molar-refractivity contribution in [3.05, 3.63) is 0 Å². The highest BCUT2D eigenvalue weighted by Gasteiger charge is 2.23. The molecular formula is C13H31N3O2S. The van der Waals surface area contributed by atoms with Crippen molar-refractivity contribution in [2.24, 2.45) is 5.92 Å². The van der Waals surface area contributed by atoms with Crippen molar-refractivity contribution in [3.8, 4) is 0 Å². The maximum absolute atomic E-state index is 12.1. The zero-order valence-corrected chi connectivity index (χ0v) is 13.9. The highest BCUT2D eigenvalue weighted by molar-refractivity contribution is 7.87. The summed E-state index contributed by atoms with van der Waals surface area (Å²) in [6.45, 7) is 10.5. The van der Waals surface area contributed by atoms with E-state index in [1.807, 2.05) is 13.8 Å². The first-order chi connectivity index (χ1) is 8.88. The minimum absolute atomic E-state index is 0.0174. The van der Waals surface area contributed by atoms with Crippen molar-refractivity contribution < 1.29 is 8.42 Å². The lowest BCUT2D eigenvalue weighted by Crippen LogP contribution is -2.45. The topological polar surface area (TPSA) is 61.4 Å². The van der Waals surface area contributed by atoms with Gasteiger partial charge in [-0.3, -0.25) is 0 Å². The smallest absolute Gasteiger partial charge is 0.279 e. The van der Waals surface area contributed by atoms with Gasteiger partial charge in [-0.2, -0.15) is 17.4 Å². The van der Waals surface area contributed by atoms with Gasteiger partial charge in [-0.1, -0.05) is 33.6 Å². The molecule has 0 aromatic carbocycles. The molecule has 5 nitrogen and oxygen atoms in total. The minimum Gasteiger partial charge on any atom is -0.317 e. The molecule has 0 saturated heterocycles. The van der Waals surface area contributed by atoms with Crippen LogP contribution in [0.15, 0.2) is 0 Å². The molecule has 0 spiro atoms. The third-order valence-electron chi connectivity index (χ3n) is 3.58. The van der Waals surface area contributed by atoms with E-state index in [1.165, 1.54) is 4.31 Å². The summed E-state index contributed by atoms with van der Waals surface area (Å²) in [5.74, 6) is 0.393. The van der Waals surface area contributed by atoms with E-state index in [0.29, 0.717) is 12.5 Å². The van der Waals surface area contributed by atoms with E-state index in [0.717, 1.165) is 32.4 Å². The van der Waals surface area contributed by atoms with Gasteiger partial charge in [-0.25, -0.2) is 0 Å². The lowest BCUT2D eigenvalue weighted by Gasteiger charge is -2.25. The van der Waals surface area contributed by atoms with Crippen LogP contribution in [0.1, 0.15) is 47.0 Å². The molecule has 0 bridgehead atoms. The van der Waals surface area contributed by atoms with Gasteiger partial charge in [-0.05, 0) is 32.4 Å². The van der Waals surface area contributed by atoms with Crippen LogP contribution in [-0.4, -0.2) is 45.4 Å². The highest BCUT2D eigenvalue weighted by atomic mass is 32.2. The monoisotopic (exact) mass is 293 g/mol. The Morgan fingerprint density at radius 3 is 2.21 bits per heavy atom. The molecule has 0 amide bonds. The van der Waals surface area contributed by atoms with Crippen LogP contribution in [0.5, 0.6) is 0 Å². The van der Waals surface area contributed by atoms with Crippen molar-refractivity contribution in [1.29, 1.82) is 0 Å². The summed E-state index contributed by atoms with van der Waals surface area (Å²) in [5, 5.41) is 3.19. The summed E-state index contributed by atoms with van der Waals surface area (Å²) in [6, 6.07) is -0.0174. The summed E-state index contributed by atoms with van der Waals surface area (Å²) in [4.78, 5) is 0. The number of nitrogens with zero attached hydrogens (tertiary/aromatic N) is 1. The number of rotatable bonds is 11. The Kier molecular flexibility index (Phi) is 9.60. The summed E-state index contributed by atoms with van der Waals surface area (Å²) >= 11 is 0. The summed E-state index contributed by atoms with van der Waals surface area (Å²) < 4.78 is 28.5. The molecule has 116 valence electrons. The quantitative estimate of drug-likeness (QED) is 0.569. The van der Waals surface area contributed by atoms with Gasteiger partial charge in [-0.15, -0.1) is 0 Å². The predicted molar refractivity (Wildman–Crippen MR) is 81.4 cm³/mol. The van der Waals surface area contributed by atoms with Crippen molar-refractivity contribution in [3.63, 3.8) is 0 Å². The van der Waals surface area contributed by atoms with Crippen molar-refractivity contribution in [1.82, 2.24) is 14.3 Å². The fraction of sp³-hybridized carbons (Fsp3) is 1.00. The lowest BCUT2D eigenvalue weighted by atomic mass is 9.96. The van der Waals surface area contributed by atoms with Crippen LogP contribution in [0.2, 0.25) is 0 Å². The van der Waals surface area contributed by atoms with Crippen molar-refractivity contribution >= 4 is 10.2 Å². The fourth-order valence-electron chi connectivity index (χ4n) is 2.14. The number of nitrogens with one attached hydrogen (secondary N) is 2. The van der Waals surface area contributed by atoms with Gasteiger partial charge in [0, 0.05) is 19.6 Å². The average Bonchev–Trinajstić information content (AvgIpc) is 2.35. The van der Waals surface area contributed by atoms with Crippen LogP contribution in [-0.2, 0) is 10.2 Å². The van der Waals surface area contributed by atoms with Gasteiger partial charge >= 0.3 is 0 Å². The second-order valence-electron chi connectivity index (χ2n) is 5.02. The third-order valence-corrected chi connectivity index (χ3v) is 5.25.